The number of carbonyl (C=O) groups is 5. The van der Waals surface area contributed by atoms with Crippen molar-refractivity contribution in [2.75, 3.05) is 26.2 Å². The van der Waals surface area contributed by atoms with Crippen LogP contribution in [-0.2, 0) is 53.8 Å². The second-order valence-electron chi connectivity index (χ2n) is 16.7. The van der Waals surface area contributed by atoms with Crippen LogP contribution in [0.3, 0.4) is 0 Å². The van der Waals surface area contributed by atoms with Crippen LogP contribution in [0.1, 0.15) is 96.9 Å². The fourth-order valence-corrected chi connectivity index (χ4v) is 7.53. The average Bonchev–Trinajstić information content (AvgIpc) is 3.51. The highest BCUT2D eigenvalue weighted by Gasteiger charge is 2.53. The Morgan fingerprint density at radius 1 is 0.912 bits per heavy atom. The maximum Gasteiger partial charge on any atom is 0.412 e. The molecule has 1 saturated heterocycles. The standard InChI is InChI=1S/C41H51N5O11/c1-9-24-25-19-23(11-12-29(25)44-31-26(24)21-46-30(31)20-28-27(32(46)47)22-54-35(50)41(28,53)10-2)55-37(52)43-16-15-42-36(51)45-17-13-40(14-18-45,33(48)56-38(3,4)5)34(49)57-39(6,7)8/h11-12,19-20,53H,9-10,13-18,21-22H2,1-8H3,(H,42,51)(H,43,52)/t41-/m0/s1. The van der Waals surface area contributed by atoms with Crippen LogP contribution in [-0.4, -0.2) is 87.0 Å². The predicted octanol–water partition coefficient (Wildman–Crippen LogP) is 4.21. The van der Waals surface area contributed by atoms with Gasteiger partial charge < -0.3 is 44.2 Å². The van der Waals surface area contributed by atoms with Crippen molar-refractivity contribution < 1.29 is 48.0 Å². The van der Waals surface area contributed by atoms with Gasteiger partial charge in [-0.05, 0) is 97.1 Å². The number of likely N-dealkylation sites (tertiary alicyclic amines) is 1. The molecule has 0 aliphatic carbocycles. The van der Waals surface area contributed by atoms with E-state index in [1.54, 1.807) is 77.3 Å². The third-order valence-electron chi connectivity index (χ3n) is 10.5. The Morgan fingerprint density at radius 2 is 1.54 bits per heavy atom. The van der Waals surface area contributed by atoms with Gasteiger partial charge in [-0.2, -0.15) is 0 Å². The van der Waals surface area contributed by atoms with Gasteiger partial charge in [0.15, 0.2) is 11.0 Å². The molecule has 3 aliphatic rings. The second kappa shape index (κ2) is 15.1. The molecule has 0 unspecified atom stereocenters. The lowest BCUT2D eigenvalue weighted by atomic mass is 9.78. The molecule has 6 rings (SSSR count). The van der Waals surface area contributed by atoms with Crippen LogP contribution in [0.2, 0.25) is 0 Å². The molecule has 2 aromatic heterocycles. The Labute approximate surface area is 330 Å². The van der Waals surface area contributed by atoms with Crippen molar-refractivity contribution in [1.29, 1.82) is 0 Å². The number of hydrogen-bond acceptors (Lipinski definition) is 12. The number of nitrogens with one attached hydrogen (secondary N) is 2. The summed E-state index contributed by atoms with van der Waals surface area (Å²) in [4.78, 5) is 84.9. The molecule has 0 saturated carbocycles. The molecule has 1 aromatic carbocycles. The summed E-state index contributed by atoms with van der Waals surface area (Å²) < 4.78 is 23.6. The number of piperidine rings is 1. The summed E-state index contributed by atoms with van der Waals surface area (Å²) in [5.74, 6) is -1.87. The zero-order chi connectivity index (χ0) is 41.7. The molecule has 3 aromatic rings. The highest BCUT2D eigenvalue weighted by Crippen LogP contribution is 2.41. The summed E-state index contributed by atoms with van der Waals surface area (Å²) in [5.41, 5.74) is -1.53. The number of fused-ring (bicyclic) bond motifs is 5. The van der Waals surface area contributed by atoms with Crippen molar-refractivity contribution in [3.63, 3.8) is 0 Å². The first kappa shape index (κ1) is 41.1. The summed E-state index contributed by atoms with van der Waals surface area (Å²) in [7, 11) is 0. The number of aliphatic hydroxyl groups is 1. The number of esters is 3. The van der Waals surface area contributed by atoms with E-state index in [-0.39, 0.29) is 81.0 Å². The molecule has 16 nitrogen and oxygen atoms in total. The van der Waals surface area contributed by atoms with Crippen molar-refractivity contribution >= 4 is 40.9 Å². The number of rotatable bonds is 8. The number of nitrogens with zero attached hydrogens (tertiary/aromatic N) is 3. The summed E-state index contributed by atoms with van der Waals surface area (Å²) in [5, 5.41) is 17.3. The van der Waals surface area contributed by atoms with E-state index in [2.05, 4.69) is 10.6 Å². The lowest BCUT2D eigenvalue weighted by molar-refractivity contribution is -0.188. The zero-order valence-electron chi connectivity index (χ0n) is 33.8. The highest BCUT2D eigenvalue weighted by molar-refractivity contribution is 6.00. The Hall–Kier alpha value is -5.51. The van der Waals surface area contributed by atoms with E-state index in [4.69, 9.17) is 23.9 Å². The topological polar surface area (TPSA) is 205 Å². The van der Waals surface area contributed by atoms with E-state index in [0.29, 0.717) is 23.3 Å². The molecule has 306 valence electrons. The molecule has 0 spiro atoms. The Morgan fingerprint density at radius 3 is 2.14 bits per heavy atom. The van der Waals surface area contributed by atoms with Crippen molar-refractivity contribution in [2.24, 2.45) is 5.41 Å². The van der Waals surface area contributed by atoms with Crippen LogP contribution in [0.5, 0.6) is 5.75 Å². The smallest absolute Gasteiger partial charge is 0.412 e. The third-order valence-corrected chi connectivity index (χ3v) is 10.5. The van der Waals surface area contributed by atoms with E-state index in [0.717, 1.165) is 16.5 Å². The lowest BCUT2D eigenvalue weighted by Crippen LogP contribution is -2.55. The minimum Gasteiger partial charge on any atom is -0.459 e. The monoisotopic (exact) mass is 789 g/mol. The van der Waals surface area contributed by atoms with E-state index >= 15 is 0 Å². The number of aryl methyl sites for hydroxylation is 1. The largest absolute Gasteiger partial charge is 0.459 e. The molecular formula is C41H51N5O11. The minimum atomic E-state index is -1.93. The first-order chi connectivity index (χ1) is 26.7. The van der Waals surface area contributed by atoms with Crippen LogP contribution in [0.4, 0.5) is 9.59 Å². The van der Waals surface area contributed by atoms with Crippen LogP contribution in [0, 0.1) is 5.41 Å². The number of urea groups is 1. The van der Waals surface area contributed by atoms with Crippen molar-refractivity contribution in [1.82, 2.24) is 25.1 Å². The molecule has 16 heteroatoms. The quantitative estimate of drug-likeness (QED) is 0.0995. The first-order valence-corrected chi connectivity index (χ1v) is 19.3. The van der Waals surface area contributed by atoms with Gasteiger partial charge in [0.1, 0.15) is 23.6 Å². The first-order valence-electron chi connectivity index (χ1n) is 19.3. The number of hydrogen-bond donors (Lipinski definition) is 3. The number of cyclic esters (lactones) is 1. The van der Waals surface area contributed by atoms with E-state index in [9.17, 15) is 33.9 Å². The van der Waals surface area contributed by atoms with Gasteiger partial charge in [0, 0.05) is 42.7 Å². The number of amides is 3. The maximum absolute atomic E-state index is 13.6. The third kappa shape index (κ3) is 7.91. The number of carbonyl (C=O) groups excluding carboxylic acids is 5. The normalized spacial score (nSPS) is 18.5. The van der Waals surface area contributed by atoms with E-state index in [1.807, 2.05) is 6.92 Å². The number of ether oxygens (including phenoxy) is 4. The summed E-state index contributed by atoms with van der Waals surface area (Å²) >= 11 is 0. The molecule has 3 N–H and O–H groups in total. The lowest BCUT2D eigenvalue weighted by Gasteiger charge is -2.40. The molecule has 57 heavy (non-hydrogen) atoms. The van der Waals surface area contributed by atoms with Crippen LogP contribution in [0.15, 0.2) is 29.1 Å². The van der Waals surface area contributed by atoms with Crippen LogP contribution < -0.4 is 20.9 Å². The fourth-order valence-electron chi connectivity index (χ4n) is 7.53. The van der Waals surface area contributed by atoms with Gasteiger partial charge in [0.2, 0.25) is 0 Å². The molecule has 3 amide bonds. The van der Waals surface area contributed by atoms with Crippen molar-refractivity contribution in [3.8, 4) is 17.1 Å². The van der Waals surface area contributed by atoms with Gasteiger partial charge >= 0.3 is 30.0 Å². The maximum atomic E-state index is 13.6. The molecule has 3 aliphatic heterocycles. The van der Waals surface area contributed by atoms with E-state index in [1.165, 1.54) is 4.90 Å². The number of aromatic nitrogens is 2. The predicted molar refractivity (Wildman–Crippen MR) is 206 cm³/mol. The van der Waals surface area contributed by atoms with Crippen molar-refractivity contribution in [3.05, 3.63) is 56.9 Å². The minimum absolute atomic E-state index is 0.0346. The zero-order valence-corrected chi connectivity index (χ0v) is 33.8. The van der Waals surface area contributed by atoms with Gasteiger partial charge in [0.05, 0.1) is 29.0 Å². The van der Waals surface area contributed by atoms with Gasteiger partial charge in [-0.1, -0.05) is 13.8 Å². The van der Waals surface area contributed by atoms with Gasteiger partial charge in [-0.15, -0.1) is 0 Å². The Kier molecular flexibility index (Phi) is 10.9. The summed E-state index contributed by atoms with van der Waals surface area (Å²) in [6.45, 7) is 14.4. The van der Waals surface area contributed by atoms with E-state index < -0.39 is 52.3 Å². The Balaban J connectivity index is 1.07. The Bertz CT molecular complexity index is 2180. The van der Waals surface area contributed by atoms with Gasteiger partial charge in [-0.25, -0.2) is 19.4 Å². The second-order valence-corrected chi connectivity index (χ2v) is 16.7. The number of pyridine rings is 2. The molecular weight excluding hydrogens is 738 g/mol. The average molecular weight is 790 g/mol. The molecule has 0 bridgehead atoms. The fraction of sp³-hybridized carbons (Fsp3) is 0.537. The molecule has 1 fully saturated rings. The SMILES string of the molecule is CCc1c2c(nc3ccc(OC(=O)NCCNC(=O)N4CCC(C(=O)OC(C)(C)C)(C(=O)OC(C)(C)C)CC4)cc13)-c1cc3c(c(=O)n1C2)COC(=O)[C@]3(O)CC. The van der Waals surface area contributed by atoms with Crippen LogP contribution in [0.25, 0.3) is 22.3 Å². The molecule has 5 heterocycles. The van der Waals surface area contributed by atoms with Gasteiger partial charge in [-0.3, -0.25) is 14.4 Å². The molecule has 1 atom stereocenters. The number of benzene rings is 1. The summed E-state index contributed by atoms with van der Waals surface area (Å²) in [6, 6.07) is 6.29. The highest BCUT2D eigenvalue weighted by atomic mass is 16.6. The van der Waals surface area contributed by atoms with Gasteiger partial charge in [0.25, 0.3) is 5.56 Å². The van der Waals surface area contributed by atoms with Crippen molar-refractivity contribution in [2.45, 2.75) is 111 Å². The summed E-state index contributed by atoms with van der Waals surface area (Å²) in [6.07, 6.45) is -0.0427. The molecule has 0 radical (unpaired) electrons. The van der Waals surface area contributed by atoms with Crippen LogP contribution >= 0.6 is 0 Å².